The molecule has 29 heavy (non-hydrogen) atoms. The van der Waals surface area contributed by atoms with Crippen LogP contribution >= 0.6 is 0 Å². The fourth-order valence-electron chi connectivity index (χ4n) is 2.79. The third kappa shape index (κ3) is 6.40. The highest BCUT2D eigenvalue weighted by atomic mass is 32.2. The number of carbonyl (C=O) groups is 1. The Labute approximate surface area is 172 Å². The van der Waals surface area contributed by atoms with E-state index in [2.05, 4.69) is 0 Å². The quantitative estimate of drug-likeness (QED) is 0.394. The first-order chi connectivity index (χ1) is 13.8. The fraction of sp³-hybridized carbons (Fsp3) is 0.381. The lowest BCUT2D eigenvalue weighted by atomic mass is 10.2. The van der Waals surface area contributed by atoms with Crippen LogP contribution in [0.4, 0.5) is 0 Å². The molecule has 0 fully saturated rings. The first-order valence-electron chi connectivity index (χ1n) is 9.52. The van der Waals surface area contributed by atoms with Crippen LogP contribution in [0.15, 0.2) is 70.5 Å². The maximum atomic E-state index is 13.0. The number of rotatable bonds is 11. The van der Waals surface area contributed by atoms with Crippen molar-refractivity contribution in [3.8, 4) is 0 Å². The van der Waals surface area contributed by atoms with Crippen molar-refractivity contribution in [2.45, 2.75) is 47.6 Å². The van der Waals surface area contributed by atoms with Gasteiger partial charge in [0.2, 0.25) is 0 Å². The number of hydrogen-bond donors (Lipinski definition) is 0. The number of unbranched alkanes of at least 4 members (excludes halogenated alkanes) is 1. The molecule has 2 aromatic carbocycles. The van der Waals surface area contributed by atoms with E-state index in [1.54, 1.807) is 36.4 Å². The molecule has 2 rings (SSSR count). The highest BCUT2D eigenvalue weighted by Gasteiger charge is 2.35. The maximum absolute atomic E-state index is 13.0. The van der Waals surface area contributed by atoms with Crippen molar-refractivity contribution in [2.24, 2.45) is 0 Å². The molecule has 2 aromatic rings. The van der Waals surface area contributed by atoms with E-state index in [1.165, 1.54) is 24.3 Å². The van der Waals surface area contributed by atoms with Crippen molar-refractivity contribution in [3.63, 3.8) is 0 Å². The predicted molar refractivity (Wildman–Crippen MR) is 111 cm³/mol. The average Bonchev–Trinajstić information content (AvgIpc) is 2.72. The van der Waals surface area contributed by atoms with Gasteiger partial charge in [-0.3, -0.25) is 4.79 Å². The van der Waals surface area contributed by atoms with E-state index in [0.717, 1.165) is 6.42 Å². The Balaban J connectivity index is 2.16. The maximum Gasteiger partial charge on any atom is 0.324 e. The minimum atomic E-state index is -3.99. The molecule has 0 radical (unpaired) electrons. The molecule has 0 bridgehead atoms. The number of carbonyl (C=O) groups excluding carboxylic acids is 1. The average molecular weight is 439 g/mol. The van der Waals surface area contributed by atoms with Gasteiger partial charge in [0.05, 0.1) is 22.2 Å². The van der Waals surface area contributed by atoms with Crippen LogP contribution in [0.25, 0.3) is 0 Å². The molecule has 0 aromatic heterocycles. The van der Waals surface area contributed by atoms with Gasteiger partial charge in [-0.2, -0.15) is 0 Å². The van der Waals surface area contributed by atoms with Crippen LogP contribution in [0, 0.1) is 0 Å². The van der Waals surface area contributed by atoms with E-state index >= 15 is 0 Å². The minimum Gasteiger partial charge on any atom is -0.465 e. The lowest BCUT2D eigenvalue weighted by Crippen LogP contribution is -2.33. The van der Waals surface area contributed by atoms with E-state index < -0.39 is 30.9 Å². The molecule has 1 atom stereocenters. The largest absolute Gasteiger partial charge is 0.465 e. The normalized spacial score (nSPS) is 13.0. The van der Waals surface area contributed by atoms with Gasteiger partial charge in [0, 0.05) is 0 Å². The molecule has 0 N–H and O–H groups in total. The molecule has 0 aliphatic rings. The van der Waals surface area contributed by atoms with E-state index in [0.29, 0.717) is 6.42 Å². The predicted octanol–water partition coefficient (Wildman–Crippen LogP) is 3.43. The number of sulfone groups is 2. The molecule has 1 unspecified atom stereocenters. The van der Waals surface area contributed by atoms with Crippen LogP contribution in [0.3, 0.4) is 0 Å². The molecular formula is C21H26O6S2. The van der Waals surface area contributed by atoms with Crippen molar-refractivity contribution in [2.75, 3.05) is 12.4 Å². The Bertz CT molecular complexity index is 984. The van der Waals surface area contributed by atoms with Gasteiger partial charge in [0.1, 0.15) is 0 Å². The zero-order valence-corrected chi connectivity index (χ0v) is 18.0. The molecule has 0 heterocycles. The van der Waals surface area contributed by atoms with E-state index in [-0.39, 0.29) is 35.0 Å². The van der Waals surface area contributed by atoms with Crippen LogP contribution in [-0.4, -0.2) is 40.4 Å². The highest BCUT2D eigenvalue weighted by Crippen LogP contribution is 2.22. The first kappa shape index (κ1) is 23.1. The summed E-state index contributed by atoms with van der Waals surface area (Å²) in [6.07, 6.45) is 1.33. The summed E-state index contributed by atoms with van der Waals surface area (Å²) in [5, 5.41) is -1.44. The lowest BCUT2D eigenvalue weighted by molar-refractivity contribution is -0.143. The van der Waals surface area contributed by atoms with Crippen LogP contribution < -0.4 is 0 Å². The van der Waals surface area contributed by atoms with Gasteiger partial charge in [0.15, 0.2) is 24.9 Å². The number of benzene rings is 2. The van der Waals surface area contributed by atoms with Gasteiger partial charge in [-0.1, -0.05) is 49.7 Å². The Hall–Kier alpha value is -2.19. The molecule has 0 aliphatic carbocycles. The second kappa shape index (κ2) is 10.5. The van der Waals surface area contributed by atoms with Crippen molar-refractivity contribution in [1.82, 2.24) is 0 Å². The Morgan fingerprint density at radius 1 is 0.862 bits per heavy atom. The Kier molecular flexibility index (Phi) is 8.40. The van der Waals surface area contributed by atoms with E-state index in [9.17, 15) is 21.6 Å². The summed E-state index contributed by atoms with van der Waals surface area (Å²) in [7, 11) is -7.55. The van der Waals surface area contributed by atoms with Crippen molar-refractivity contribution in [1.29, 1.82) is 0 Å². The van der Waals surface area contributed by atoms with Crippen LogP contribution in [0.2, 0.25) is 0 Å². The smallest absolute Gasteiger partial charge is 0.324 e. The molecule has 0 amide bonds. The number of esters is 1. The van der Waals surface area contributed by atoms with Crippen molar-refractivity contribution in [3.05, 3.63) is 60.7 Å². The minimum absolute atomic E-state index is 0.0170. The number of hydrogen-bond acceptors (Lipinski definition) is 6. The first-order valence-corrected chi connectivity index (χ1v) is 12.7. The SMILES string of the molecule is CCCCOC(=O)C(CCCS(=O)(=O)c1ccccc1)S(=O)(=O)c1ccccc1. The van der Waals surface area contributed by atoms with Gasteiger partial charge in [0.25, 0.3) is 0 Å². The molecule has 6 nitrogen and oxygen atoms in total. The molecule has 0 saturated carbocycles. The van der Waals surface area contributed by atoms with Gasteiger partial charge >= 0.3 is 5.97 Å². The van der Waals surface area contributed by atoms with Gasteiger partial charge in [-0.05, 0) is 43.5 Å². The van der Waals surface area contributed by atoms with Gasteiger partial charge in [-0.15, -0.1) is 0 Å². The molecule has 0 spiro atoms. The van der Waals surface area contributed by atoms with Gasteiger partial charge in [-0.25, -0.2) is 16.8 Å². The van der Waals surface area contributed by atoms with Crippen molar-refractivity contribution < 1.29 is 26.4 Å². The Morgan fingerprint density at radius 3 is 1.97 bits per heavy atom. The van der Waals surface area contributed by atoms with Gasteiger partial charge < -0.3 is 4.74 Å². The van der Waals surface area contributed by atoms with Crippen molar-refractivity contribution >= 4 is 25.6 Å². The highest BCUT2D eigenvalue weighted by molar-refractivity contribution is 7.93. The summed E-state index contributed by atoms with van der Waals surface area (Å²) < 4.78 is 56.0. The molecule has 158 valence electrons. The zero-order chi connectivity index (χ0) is 21.3. The Morgan fingerprint density at radius 2 is 1.41 bits per heavy atom. The van der Waals surface area contributed by atoms with Crippen LogP contribution in [-0.2, 0) is 29.2 Å². The second-order valence-corrected chi connectivity index (χ2v) is 10.9. The summed E-state index contributed by atoms with van der Waals surface area (Å²) in [5.74, 6) is -1.08. The topological polar surface area (TPSA) is 94.6 Å². The number of ether oxygens (including phenoxy) is 1. The summed E-state index contributed by atoms with van der Waals surface area (Å²) in [4.78, 5) is 12.7. The standard InChI is InChI=1S/C21H26O6S2/c1-2-3-16-27-21(22)20(29(25,26)19-13-8-5-9-14-19)15-10-17-28(23,24)18-11-6-4-7-12-18/h4-9,11-14,20H,2-3,10,15-17H2,1H3. The third-order valence-electron chi connectivity index (χ3n) is 4.43. The molecule has 0 aliphatic heterocycles. The molecule has 0 saturated heterocycles. The molecular weight excluding hydrogens is 412 g/mol. The summed E-state index contributed by atoms with van der Waals surface area (Å²) in [6, 6.07) is 15.6. The summed E-state index contributed by atoms with van der Waals surface area (Å²) >= 11 is 0. The van der Waals surface area contributed by atoms with E-state index in [1.807, 2.05) is 6.92 Å². The van der Waals surface area contributed by atoms with E-state index in [4.69, 9.17) is 4.74 Å². The second-order valence-electron chi connectivity index (χ2n) is 6.64. The fourth-order valence-corrected chi connectivity index (χ4v) is 5.81. The van der Waals surface area contributed by atoms with Crippen LogP contribution in [0.5, 0.6) is 0 Å². The molecule has 8 heteroatoms. The summed E-state index contributed by atoms with van der Waals surface area (Å²) in [5.41, 5.74) is 0. The summed E-state index contributed by atoms with van der Waals surface area (Å²) in [6.45, 7) is 2.07. The lowest BCUT2D eigenvalue weighted by Gasteiger charge is -2.17. The third-order valence-corrected chi connectivity index (χ3v) is 8.36. The van der Waals surface area contributed by atoms with Crippen LogP contribution in [0.1, 0.15) is 32.6 Å². The zero-order valence-electron chi connectivity index (χ0n) is 16.4. The monoisotopic (exact) mass is 438 g/mol.